The summed E-state index contributed by atoms with van der Waals surface area (Å²) >= 11 is 0. The van der Waals surface area contributed by atoms with E-state index in [2.05, 4.69) is 42.7 Å². The fourth-order valence-electron chi connectivity index (χ4n) is 5.05. The highest BCUT2D eigenvalue weighted by Gasteiger charge is 2.28. The van der Waals surface area contributed by atoms with E-state index in [0.717, 1.165) is 77.0 Å². The van der Waals surface area contributed by atoms with Crippen LogP contribution in [0.4, 0.5) is 0 Å². The second kappa shape index (κ2) is 34.1. The minimum absolute atomic E-state index is 0.151. The topological polar surface area (TPSA) is 172 Å². The van der Waals surface area contributed by atoms with Crippen LogP contribution in [-0.2, 0) is 37.5 Å². The van der Waals surface area contributed by atoms with Crippen molar-refractivity contribution in [3.63, 3.8) is 0 Å². The van der Waals surface area contributed by atoms with Crippen molar-refractivity contribution in [3.8, 4) is 0 Å². The van der Waals surface area contributed by atoms with Crippen molar-refractivity contribution in [1.82, 2.24) is 0 Å². The second-order valence-electron chi connectivity index (χ2n) is 13.1. The smallest absolute Gasteiger partial charge is 0.472 e. The van der Waals surface area contributed by atoms with Gasteiger partial charge >= 0.3 is 25.7 Å². The standard InChI is InChI=1S/C38H70NO10P/c1-3-5-7-9-11-13-15-17-18-20-22-24-26-28-30-37(41)49-34(32-47-50(44,45)48-33-35(39)38(42)43)31-46-36(40)29-27-25-23-21-19-16-14-12-10-8-6-4-2/h12,14-15,17,34-35H,3-11,13,16,18-33,39H2,1-2H3,(H,42,43)(H,44,45)/b14-12-,17-15-/t34-,35+/m1/s1. The summed E-state index contributed by atoms with van der Waals surface area (Å²) in [6.45, 7) is 2.73. The lowest BCUT2D eigenvalue weighted by molar-refractivity contribution is -0.161. The van der Waals surface area contributed by atoms with Gasteiger partial charge in [-0.3, -0.25) is 23.4 Å². The number of carbonyl (C=O) groups excluding carboxylic acids is 2. The number of unbranched alkanes of at least 4 members (excludes halogenated alkanes) is 18. The van der Waals surface area contributed by atoms with E-state index in [1.165, 1.54) is 51.4 Å². The van der Waals surface area contributed by atoms with Crippen molar-refractivity contribution in [1.29, 1.82) is 0 Å². The minimum atomic E-state index is -4.71. The number of nitrogens with two attached hydrogens (primary N) is 1. The fraction of sp³-hybridized carbons (Fsp3) is 0.816. The lowest BCUT2D eigenvalue weighted by atomic mass is 10.1. The molecular weight excluding hydrogens is 661 g/mol. The van der Waals surface area contributed by atoms with Crippen LogP contribution in [0, 0.1) is 0 Å². The Morgan fingerprint density at radius 1 is 0.600 bits per heavy atom. The zero-order valence-electron chi connectivity index (χ0n) is 31.2. The predicted octanol–water partition coefficient (Wildman–Crippen LogP) is 9.50. The quantitative estimate of drug-likeness (QED) is 0.0242. The summed E-state index contributed by atoms with van der Waals surface area (Å²) in [6.07, 6.45) is 32.5. The van der Waals surface area contributed by atoms with Crippen LogP contribution in [0.15, 0.2) is 24.3 Å². The first-order valence-corrected chi connectivity index (χ1v) is 20.9. The van der Waals surface area contributed by atoms with Crippen LogP contribution in [0.5, 0.6) is 0 Å². The van der Waals surface area contributed by atoms with Crippen molar-refractivity contribution in [2.75, 3.05) is 19.8 Å². The molecule has 0 aliphatic rings. The van der Waals surface area contributed by atoms with Crippen molar-refractivity contribution >= 4 is 25.7 Å². The van der Waals surface area contributed by atoms with Gasteiger partial charge in [0.15, 0.2) is 6.10 Å². The number of ether oxygens (including phenoxy) is 2. The first kappa shape index (κ1) is 48.0. The summed E-state index contributed by atoms with van der Waals surface area (Å²) in [5.41, 5.74) is 5.31. The molecule has 0 rings (SSSR count). The number of phosphoric acid groups is 1. The van der Waals surface area contributed by atoms with Gasteiger partial charge in [0, 0.05) is 12.8 Å². The first-order chi connectivity index (χ1) is 24.1. The number of esters is 2. The van der Waals surface area contributed by atoms with Crippen molar-refractivity contribution in [2.45, 2.75) is 180 Å². The molecule has 50 heavy (non-hydrogen) atoms. The summed E-state index contributed by atoms with van der Waals surface area (Å²) < 4.78 is 32.5. The third-order valence-corrected chi connectivity index (χ3v) is 9.12. The molecule has 0 aromatic carbocycles. The van der Waals surface area contributed by atoms with Crippen LogP contribution in [0.2, 0.25) is 0 Å². The first-order valence-electron chi connectivity index (χ1n) is 19.4. The van der Waals surface area contributed by atoms with E-state index >= 15 is 0 Å². The summed E-state index contributed by atoms with van der Waals surface area (Å²) in [4.78, 5) is 45.7. The molecule has 0 aromatic rings. The minimum Gasteiger partial charge on any atom is -0.480 e. The van der Waals surface area contributed by atoms with E-state index in [-0.39, 0.29) is 19.4 Å². The Kier molecular flexibility index (Phi) is 32.7. The molecular formula is C38H70NO10P. The van der Waals surface area contributed by atoms with Gasteiger partial charge in [-0.2, -0.15) is 0 Å². The van der Waals surface area contributed by atoms with Gasteiger partial charge in [-0.05, 0) is 64.2 Å². The zero-order chi connectivity index (χ0) is 37.1. The van der Waals surface area contributed by atoms with Gasteiger partial charge in [-0.25, -0.2) is 4.57 Å². The van der Waals surface area contributed by atoms with E-state index in [1.54, 1.807) is 0 Å². The highest BCUT2D eigenvalue weighted by atomic mass is 31.2. The average Bonchev–Trinajstić information content (AvgIpc) is 3.09. The van der Waals surface area contributed by atoms with Crippen molar-refractivity contribution < 1.29 is 47.5 Å². The molecule has 0 aliphatic heterocycles. The molecule has 4 N–H and O–H groups in total. The highest BCUT2D eigenvalue weighted by Crippen LogP contribution is 2.43. The molecule has 0 bridgehead atoms. The van der Waals surface area contributed by atoms with Crippen LogP contribution in [-0.4, -0.2) is 59.9 Å². The maximum absolute atomic E-state index is 12.6. The van der Waals surface area contributed by atoms with Crippen molar-refractivity contribution in [3.05, 3.63) is 24.3 Å². The van der Waals surface area contributed by atoms with E-state index < -0.39 is 51.1 Å². The summed E-state index contributed by atoms with van der Waals surface area (Å²) in [6, 6.07) is -1.52. The lowest BCUT2D eigenvalue weighted by Gasteiger charge is -2.20. The van der Waals surface area contributed by atoms with Crippen molar-refractivity contribution in [2.24, 2.45) is 5.73 Å². The number of phosphoric ester groups is 1. The van der Waals surface area contributed by atoms with Gasteiger partial charge in [0.05, 0.1) is 13.2 Å². The number of rotatable bonds is 36. The number of aliphatic carboxylic acids is 1. The lowest BCUT2D eigenvalue weighted by Crippen LogP contribution is -2.34. The average molecular weight is 732 g/mol. The Morgan fingerprint density at radius 2 is 1.00 bits per heavy atom. The summed E-state index contributed by atoms with van der Waals surface area (Å²) in [7, 11) is -4.71. The van der Waals surface area contributed by atoms with Gasteiger partial charge in [0.1, 0.15) is 12.6 Å². The SMILES string of the molecule is CCCCC/C=C\CCCCCCCC(=O)OC[C@H](COP(=O)(O)OC[C@H](N)C(=O)O)OC(=O)CCCCCCC/C=C\CCCCCCC. The van der Waals surface area contributed by atoms with Crippen LogP contribution in [0.25, 0.3) is 0 Å². The van der Waals surface area contributed by atoms with Gasteiger partial charge in [-0.15, -0.1) is 0 Å². The number of hydrogen-bond donors (Lipinski definition) is 3. The molecule has 0 heterocycles. The number of carboxylic acid groups (broad SMARTS) is 1. The van der Waals surface area contributed by atoms with E-state index in [0.29, 0.717) is 12.8 Å². The molecule has 0 radical (unpaired) electrons. The Balaban J connectivity index is 4.46. The van der Waals surface area contributed by atoms with E-state index in [9.17, 15) is 23.8 Å². The molecule has 0 saturated carbocycles. The molecule has 12 heteroatoms. The third kappa shape index (κ3) is 33.1. The van der Waals surface area contributed by atoms with Gasteiger partial charge < -0.3 is 25.2 Å². The number of hydrogen-bond acceptors (Lipinski definition) is 9. The second-order valence-corrected chi connectivity index (χ2v) is 14.5. The van der Waals surface area contributed by atoms with Crippen LogP contribution < -0.4 is 5.73 Å². The Labute approximate surface area is 302 Å². The Morgan fingerprint density at radius 3 is 1.50 bits per heavy atom. The molecule has 3 atom stereocenters. The molecule has 292 valence electrons. The maximum atomic E-state index is 12.6. The zero-order valence-corrected chi connectivity index (χ0v) is 32.1. The van der Waals surface area contributed by atoms with Gasteiger partial charge in [0.25, 0.3) is 0 Å². The molecule has 0 saturated heterocycles. The summed E-state index contributed by atoms with van der Waals surface area (Å²) in [5.74, 6) is -2.40. The molecule has 0 spiro atoms. The van der Waals surface area contributed by atoms with Crippen LogP contribution >= 0.6 is 7.82 Å². The largest absolute Gasteiger partial charge is 0.480 e. The van der Waals surface area contributed by atoms with E-state index in [1.807, 2.05) is 0 Å². The molecule has 0 fully saturated rings. The maximum Gasteiger partial charge on any atom is 0.472 e. The monoisotopic (exact) mass is 731 g/mol. The highest BCUT2D eigenvalue weighted by molar-refractivity contribution is 7.47. The number of allylic oxidation sites excluding steroid dienone is 4. The normalized spacial score (nSPS) is 14.2. The third-order valence-electron chi connectivity index (χ3n) is 8.17. The fourth-order valence-corrected chi connectivity index (χ4v) is 5.83. The Hall–Kier alpha value is -2.04. The molecule has 11 nitrogen and oxygen atoms in total. The molecule has 1 unspecified atom stereocenters. The van der Waals surface area contributed by atoms with Gasteiger partial charge in [-0.1, -0.05) is 115 Å². The molecule has 0 amide bonds. The molecule has 0 aliphatic carbocycles. The van der Waals surface area contributed by atoms with Crippen LogP contribution in [0.1, 0.15) is 168 Å². The predicted molar refractivity (Wildman–Crippen MR) is 199 cm³/mol. The Bertz CT molecular complexity index is 958. The van der Waals surface area contributed by atoms with Gasteiger partial charge in [0.2, 0.25) is 0 Å². The number of carbonyl (C=O) groups is 3. The van der Waals surface area contributed by atoms with E-state index in [4.69, 9.17) is 24.8 Å². The summed E-state index contributed by atoms with van der Waals surface area (Å²) in [5, 5.41) is 8.85. The number of carboxylic acids is 1. The van der Waals surface area contributed by atoms with Crippen LogP contribution in [0.3, 0.4) is 0 Å². The molecule has 0 aromatic heterocycles.